The molecule has 0 radical (unpaired) electrons. The van der Waals surface area contributed by atoms with Crippen LogP contribution in [0.4, 0.5) is 0 Å². The molecular weight excluding hydrogens is 212 g/mol. The largest absolute Gasteiger partial charge is 0.350 e. The Labute approximate surface area is 106 Å². The minimum atomic E-state index is 0.0464. The fourth-order valence-corrected chi connectivity index (χ4v) is 1.90. The van der Waals surface area contributed by atoms with E-state index in [0.29, 0.717) is 18.9 Å². The molecule has 0 saturated heterocycles. The zero-order valence-electron chi connectivity index (χ0n) is 11.8. The van der Waals surface area contributed by atoms with Crippen molar-refractivity contribution in [3.8, 4) is 0 Å². The minimum Gasteiger partial charge on any atom is -0.350 e. The van der Waals surface area contributed by atoms with Crippen LogP contribution in [-0.4, -0.2) is 18.5 Å². The molecule has 0 saturated carbocycles. The van der Waals surface area contributed by atoms with Gasteiger partial charge in [-0.05, 0) is 37.6 Å². The van der Waals surface area contributed by atoms with Crippen LogP contribution in [0.1, 0.15) is 47.0 Å². The lowest BCUT2D eigenvalue weighted by Gasteiger charge is -2.30. The van der Waals surface area contributed by atoms with Gasteiger partial charge in [-0.25, -0.2) is 0 Å². The first-order valence-corrected chi connectivity index (χ1v) is 6.43. The average molecular weight is 240 g/mol. The topological polar surface area (TPSA) is 55.1 Å². The van der Waals surface area contributed by atoms with Gasteiger partial charge in [0.15, 0.2) is 0 Å². The summed E-state index contributed by atoms with van der Waals surface area (Å²) in [7, 11) is 0. The molecule has 3 nitrogen and oxygen atoms in total. The Hall–Kier alpha value is -0.830. The summed E-state index contributed by atoms with van der Waals surface area (Å²) in [6, 6.07) is 0.0464. The Morgan fingerprint density at radius 3 is 2.41 bits per heavy atom. The maximum atomic E-state index is 11.7. The molecule has 17 heavy (non-hydrogen) atoms. The quantitative estimate of drug-likeness (QED) is 0.672. The van der Waals surface area contributed by atoms with Gasteiger partial charge in [0.05, 0.1) is 0 Å². The number of hydrogen-bond donors (Lipinski definition) is 2. The van der Waals surface area contributed by atoms with Crippen molar-refractivity contribution in [1.29, 1.82) is 0 Å². The molecule has 0 aromatic rings. The lowest BCUT2D eigenvalue weighted by Crippen LogP contribution is -2.32. The van der Waals surface area contributed by atoms with Gasteiger partial charge in [-0.2, -0.15) is 0 Å². The van der Waals surface area contributed by atoms with Gasteiger partial charge in [0.25, 0.3) is 0 Å². The molecule has 0 aromatic heterocycles. The van der Waals surface area contributed by atoms with E-state index in [-0.39, 0.29) is 17.4 Å². The molecule has 0 aliphatic rings. The van der Waals surface area contributed by atoms with Crippen molar-refractivity contribution in [2.45, 2.75) is 53.0 Å². The predicted octanol–water partition coefficient (Wildman–Crippen LogP) is 2.47. The van der Waals surface area contributed by atoms with Gasteiger partial charge in [0.2, 0.25) is 5.91 Å². The van der Waals surface area contributed by atoms with Crippen LogP contribution in [-0.2, 0) is 4.79 Å². The van der Waals surface area contributed by atoms with E-state index >= 15 is 0 Å². The first-order chi connectivity index (χ1) is 7.81. The van der Waals surface area contributed by atoms with E-state index in [2.05, 4.69) is 32.7 Å². The Kier molecular flexibility index (Phi) is 7.12. The summed E-state index contributed by atoms with van der Waals surface area (Å²) in [5.41, 5.74) is 5.83. The SMILES string of the molecule is C=CC(C)NC(=O)CCC(CCN)C(C)(C)C. The highest BCUT2D eigenvalue weighted by Gasteiger charge is 2.24. The molecule has 0 aromatic carbocycles. The summed E-state index contributed by atoms with van der Waals surface area (Å²) in [6.45, 7) is 12.9. The highest BCUT2D eigenvalue weighted by Crippen LogP contribution is 2.31. The summed E-state index contributed by atoms with van der Waals surface area (Å²) >= 11 is 0. The van der Waals surface area contributed by atoms with E-state index in [1.54, 1.807) is 6.08 Å². The predicted molar refractivity (Wildman–Crippen MR) is 73.7 cm³/mol. The average Bonchev–Trinajstić information content (AvgIpc) is 2.22. The van der Waals surface area contributed by atoms with E-state index in [4.69, 9.17) is 5.73 Å². The van der Waals surface area contributed by atoms with Gasteiger partial charge >= 0.3 is 0 Å². The smallest absolute Gasteiger partial charge is 0.220 e. The molecule has 3 N–H and O–H groups in total. The monoisotopic (exact) mass is 240 g/mol. The van der Waals surface area contributed by atoms with Crippen LogP contribution in [0.15, 0.2) is 12.7 Å². The lowest BCUT2D eigenvalue weighted by molar-refractivity contribution is -0.121. The van der Waals surface area contributed by atoms with Crippen LogP contribution < -0.4 is 11.1 Å². The second-order valence-electron chi connectivity index (χ2n) is 5.77. The summed E-state index contributed by atoms with van der Waals surface area (Å²) in [5, 5.41) is 2.89. The Morgan fingerprint density at radius 2 is 2.00 bits per heavy atom. The molecule has 0 heterocycles. The van der Waals surface area contributed by atoms with Crippen LogP contribution in [0.5, 0.6) is 0 Å². The number of amides is 1. The van der Waals surface area contributed by atoms with Crippen LogP contribution in [0.25, 0.3) is 0 Å². The number of hydrogen-bond acceptors (Lipinski definition) is 2. The molecule has 100 valence electrons. The summed E-state index contributed by atoms with van der Waals surface area (Å²) < 4.78 is 0. The van der Waals surface area contributed by atoms with Crippen molar-refractivity contribution >= 4 is 5.91 Å². The van der Waals surface area contributed by atoms with Crippen molar-refractivity contribution < 1.29 is 4.79 Å². The number of rotatable bonds is 7. The standard InChI is InChI=1S/C14H28N2O/c1-6-11(2)16-13(17)8-7-12(9-10-15)14(3,4)5/h6,11-12H,1,7-10,15H2,2-5H3,(H,16,17). The Bertz CT molecular complexity index is 243. The number of nitrogens with one attached hydrogen (secondary N) is 1. The molecule has 0 aliphatic heterocycles. The molecule has 0 fully saturated rings. The molecule has 2 atom stereocenters. The van der Waals surface area contributed by atoms with Gasteiger partial charge in [-0.3, -0.25) is 4.79 Å². The first kappa shape index (κ1) is 16.2. The molecule has 2 unspecified atom stereocenters. The van der Waals surface area contributed by atoms with E-state index in [0.717, 1.165) is 12.8 Å². The van der Waals surface area contributed by atoms with Crippen LogP contribution in [0.3, 0.4) is 0 Å². The van der Waals surface area contributed by atoms with Gasteiger partial charge in [-0.1, -0.05) is 26.8 Å². The van der Waals surface area contributed by atoms with Crippen molar-refractivity contribution in [3.05, 3.63) is 12.7 Å². The van der Waals surface area contributed by atoms with Crippen molar-refractivity contribution in [2.24, 2.45) is 17.1 Å². The third-order valence-electron chi connectivity index (χ3n) is 3.20. The number of carbonyl (C=O) groups is 1. The summed E-state index contributed by atoms with van der Waals surface area (Å²) in [6.07, 6.45) is 4.18. The lowest BCUT2D eigenvalue weighted by atomic mass is 9.76. The van der Waals surface area contributed by atoms with E-state index < -0.39 is 0 Å². The maximum absolute atomic E-state index is 11.7. The van der Waals surface area contributed by atoms with Crippen molar-refractivity contribution in [2.75, 3.05) is 6.54 Å². The first-order valence-electron chi connectivity index (χ1n) is 6.43. The van der Waals surface area contributed by atoms with Crippen molar-refractivity contribution in [1.82, 2.24) is 5.32 Å². The highest BCUT2D eigenvalue weighted by molar-refractivity contribution is 5.76. The fourth-order valence-electron chi connectivity index (χ4n) is 1.90. The number of carbonyl (C=O) groups excluding carboxylic acids is 1. The van der Waals surface area contributed by atoms with Gasteiger partial charge in [0.1, 0.15) is 0 Å². The third kappa shape index (κ3) is 7.16. The van der Waals surface area contributed by atoms with Crippen LogP contribution in [0, 0.1) is 11.3 Å². The molecular formula is C14H28N2O. The number of nitrogens with two attached hydrogens (primary N) is 1. The molecule has 0 bridgehead atoms. The van der Waals surface area contributed by atoms with Gasteiger partial charge in [0, 0.05) is 12.5 Å². The summed E-state index contributed by atoms with van der Waals surface area (Å²) in [4.78, 5) is 11.7. The maximum Gasteiger partial charge on any atom is 0.220 e. The fraction of sp³-hybridized carbons (Fsp3) is 0.786. The normalized spacial score (nSPS) is 15.1. The zero-order chi connectivity index (χ0) is 13.5. The van der Waals surface area contributed by atoms with Crippen molar-refractivity contribution in [3.63, 3.8) is 0 Å². The Morgan fingerprint density at radius 1 is 1.41 bits per heavy atom. The molecule has 0 spiro atoms. The molecule has 3 heteroatoms. The van der Waals surface area contributed by atoms with Crippen LogP contribution >= 0.6 is 0 Å². The molecule has 1 amide bonds. The van der Waals surface area contributed by atoms with E-state index in [1.807, 2.05) is 6.92 Å². The minimum absolute atomic E-state index is 0.0464. The van der Waals surface area contributed by atoms with E-state index in [1.165, 1.54) is 0 Å². The summed E-state index contributed by atoms with van der Waals surface area (Å²) in [5.74, 6) is 0.598. The van der Waals surface area contributed by atoms with Crippen LogP contribution in [0.2, 0.25) is 0 Å². The molecule has 0 aliphatic carbocycles. The zero-order valence-corrected chi connectivity index (χ0v) is 11.8. The highest BCUT2D eigenvalue weighted by atomic mass is 16.1. The molecule has 0 rings (SSSR count). The Balaban J connectivity index is 4.13. The second kappa shape index (κ2) is 7.49. The third-order valence-corrected chi connectivity index (χ3v) is 3.20. The van der Waals surface area contributed by atoms with E-state index in [9.17, 15) is 4.79 Å². The van der Waals surface area contributed by atoms with Gasteiger partial charge < -0.3 is 11.1 Å². The second-order valence-corrected chi connectivity index (χ2v) is 5.77. The van der Waals surface area contributed by atoms with Gasteiger partial charge in [-0.15, -0.1) is 6.58 Å².